The van der Waals surface area contributed by atoms with Crippen molar-refractivity contribution in [1.82, 2.24) is 9.88 Å². The second-order valence-electron chi connectivity index (χ2n) is 11.1. The summed E-state index contributed by atoms with van der Waals surface area (Å²) in [5.74, 6) is -2.10. The summed E-state index contributed by atoms with van der Waals surface area (Å²) in [6.07, 6.45) is -1.71. The lowest BCUT2D eigenvalue weighted by molar-refractivity contribution is -0.137. The van der Waals surface area contributed by atoms with E-state index >= 15 is 0 Å². The molecule has 3 heterocycles. The number of carbonyl (C=O) groups is 3. The summed E-state index contributed by atoms with van der Waals surface area (Å²) >= 11 is 0. The third kappa shape index (κ3) is 6.44. The topological polar surface area (TPSA) is 130 Å². The first kappa shape index (κ1) is 30.5. The summed E-state index contributed by atoms with van der Waals surface area (Å²) in [5.41, 5.74) is 2.81. The molecule has 1 aromatic heterocycles. The molecule has 3 aromatic carbocycles. The van der Waals surface area contributed by atoms with Gasteiger partial charge in [0, 0.05) is 71.9 Å². The van der Waals surface area contributed by atoms with E-state index in [1.54, 1.807) is 53.4 Å². The number of aromatic nitrogens is 1. The van der Waals surface area contributed by atoms with Crippen LogP contribution in [0.25, 0.3) is 11.6 Å². The first-order valence-electron chi connectivity index (χ1n) is 14.4. The predicted octanol–water partition coefficient (Wildman–Crippen LogP) is 5.97. The molecule has 10 nitrogen and oxygen atoms in total. The average Bonchev–Trinajstić information content (AvgIpc) is 3.61. The number of aromatic amines is 1. The van der Waals surface area contributed by atoms with E-state index in [9.17, 15) is 27.6 Å². The lowest BCUT2D eigenvalue weighted by Gasteiger charge is -2.35. The highest BCUT2D eigenvalue weighted by molar-refractivity contribution is 6.35. The summed E-state index contributed by atoms with van der Waals surface area (Å²) < 4.78 is 42.1. The summed E-state index contributed by atoms with van der Waals surface area (Å²) in [6.45, 7) is 2.21. The van der Waals surface area contributed by atoms with Crippen LogP contribution in [0.3, 0.4) is 0 Å². The average molecular weight is 631 g/mol. The van der Waals surface area contributed by atoms with E-state index in [2.05, 4.69) is 25.8 Å². The van der Waals surface area contributed by atoms with Crippen molar-refractivity contribution in [2.45, 2.75) is 6.18 Å². The Morgan fingerprint density at radius 1 is 0.913 bits per heavy atom. The van der Waals surface area contributed by atoms with Gasteiger partial charge in [0.2, 0.25) is 0 Å². The molecule has 0 aliphatic carbocycles. The number of aromatic carboxylic acids is 1. The summed E-state index contributed by atoms with van der Waals surface area (Å²) in [6, 6.07) is 17.0. The normalized spacial score (nSPS) is 15.9. The highest BCUT2D eigenvalue weighted by Gasteiger charge is 2.36. The van der Waals surface area contributed by atoms with Crippen LogP contribution >= 0.6 is 0 Å². The number of amides is 2. The number of hydrogen-bond donors (Lipinski definition) is 5. The van der Waals surface area contributed by atoms with E-state index < -0.39 is 23.6 Å². The quantitative estimate of drug-likeness (QED) is 0.159. The number of piperazine rings is 1. The fourth-order valence-electron chi connectivity index (χ4n) is 5.46. The van der Waals surface area contributed by atoms with Gasteiger partial charge in [-0.15, -0.1) is 0 Å². The van der Waals surface area contributed by atoms with Crippen molar-refractivity contribution in [1.29, 1.82) is 0 Å². The predicted molar refractivity (Wildman–Crippen MR) is 170 cm³/mol. The number of nitrogens with one attached hydrogen (secondary N) is 4. The van der Waals surface area contributed by atoms with Crippen LogP contribution < -0.4 is 20.9 Å². The van der Waals surface area contributed by atoms with Gasteiger partial charge in [-0.1, -0.05) is 12.1 Å². The van der Waals surface area contributed by atoms with E-state index in [0.717, 1.165) is 6.07 Å². The molecule has 1 saturated heterocycles. The molecule has 2 aliphatic rings. The molecule has 0 unspecified atom stereocenters. The summed E-state index contributed by atoms with van der Waals surface area (Å²) in [5, 5.41) is 17.8. The van der Waals surface area contributed by atoms with Crippen molar-refractivity contribution < 1.29 is 32.7 Å². The minimum Gasteiger partial charge on any atom is -0.478 e. The molecule has 0 spiro atoms. The largest absolute Gasteiger partial charge is 0.478 e. The molecule has 2 aliphatic heterocycles. The number of carboxylic acids is 1. The van der Waals surface area contributed by atoms with Crippen LogP contribution in [-0.2, 0) is 11.0 Å². The van der Waals surface area contributed by atoms with E-state index in [4.69, 9.17) is 5.11 Å². The number of likely N-dealkylation sites (N-methyl/N-ethyl adjacent to an activating group) is 1. The third-order valence-electron chi connectivity index (χ3n) is 7.87. The van der Waals surface area contributed by atoms with Crippen LogP contribution in [0.2, 0.25) is 0 Å². The molecule has 6 rings (SSSR count). The molecular formula is C33H29F3N6O4. The first-order chi connectivity index (χ1) is 21.9. The Morgan fingerprint density at radius 3 is 2.37 bits per heavy atom. The van der Waals surface area contributed by atoms with Gasteiger partial charge in [-0.2, -0.15) is 13.2 Å². The Morgan fingerprint density at radius 2 is 1.65 bits per heavy atom. The zero-order valence-corrected chi connectivity index (χ0v) is 24.5. The molecule has 0 bridgehead atoms. The van der Waals surface area contributed by atoms with Gasteiger partial charge in [-0.05, 0) is 67.7 Å². The van der Waals surface area contributed by atoms with Crippen LogP contribution in [0.4, 0.5) is 41.6 Å². The van der Waals surface area contributed by atoms with Crippen LogP contribution in [0.5, 0.6) is 0 Å². The number of alkyl halides is 3. The fourth-order valence-corrected chi connectivity index (χ4v) is 5.46. The van der Waals surface area contributed by atoms with Gasteiger partial charge in [0.15, 0.2) is 0 Å². The summed E-state index contributed by atoms with van der Waals surface area (Å²) in [7, 11) is 1.92. The van der Waals surface area contributed by atoms with Crippen LogP contribution in [0.1, 0.15) is 37.5 Å². The molecule has 0 radical (unpaired) electrons. The van der Waals surface area contributed by atoms with Crippen molar-refractivity contribution in [3.05, 3.63) is 101 Å². The molecule has 236 valence electrons. The van der Waals surface area contributed by atoms with Crippen molar-refractivity contribution in [3.8, 4) is 0 Å². The number of carboxylic acid groups (broad SMARTS) is 1. The van der Waals surface area contributed by atoms with E-state index in [0.29, 0.717) is 65.8 Å². The highest BCUT2D eigenvalue weighted by atomic mass is 19.4. The second-order valence-corrected chi connectivity index (χ2v) is 11.1. The number of nitrogens with zero attached hydrogens (tertiary/aromatic N) is 2. The van der Waals surface area contributed by atoms with Crippen molar-refractivity contribution in [3.63, 3.8) is 0 Å². The van der Waals surface area contributed by atoms with E-state index in [1.807, 2.05) is 7.05 Å². The number of benzene rings is 3. The van der Waals surface area contributed by atoms with Crippen molar-refractivity contribution >= 4 is 57.9 Å². The maximum absolute atomic E-state index is 14.0. The first-order valence-corrected chi connectivity index (χ1v) is 14.4. The second kappa shape index (κ2) is 12.1. The van der Waals surface area contributed by atoms with Gasteiger partial charge in [0.05, 0.1) is 22.4 Å². The Bertz CT molecular complexity index is 1880. The fraction of sp³-hybridized carbons (Fsp3) is 0.182. The number of anilines is 5. The molecule has 4 aromatic rings. The number of H-pyrrole nitrogens is 1. The Kier molecular flexibility index (Phi) is 8.00. The molecule has 1 fully saturated rings. The van der Waals surface area contributed by atoms with Gasteiger partial charge >= 0.3 is 12.1 Å². The van der Waals surface area contributed by atoms with Gasteiger partial charge in [0.25, 0.3) is 11.8 Å². The molecular weight excluding hydrogens is 601 g/mol. The number of fused-ring (bicyclic) bond motifs is 1. The molecule has 0 saturated carbocycles. The van der Waals surface area contributed by atoms with Gasteiger partial charge in [-0.3, -0.25) is 9.59 Å². The van der Waals surface area contributed by atoms with Crippen LogP contribution in [-0.4, -0.2) is 66.0 Å². The summed E-state index contributed by atoms with van der Waals surface area (Å²) in [4.78, 5) is 43.5. The van der Waals surface area contributed by atoms with Crippen molar-refractivity contribution in [2.24, 2.45) is 0 Å². The van der Waals surface area contributed by atoms with Gasteiger partial charge < -0.3 is 35.8 Å². The van der Waals surface area contributed by atoms with E-state index in [-0.39, 0.29) is 22.7 Å². The Labute approximate surface area is 261 Å². The minimum atomic E-state index is -4.63. The SMILES string of the molecule is CN1CCN(c2ccc(C(=O)Nc3cccc(Nc4ccc5c(c4)NC(=O)C5=Cc4cc(C(=O)O)c[nH]4)c3)cc2C(F)(F)F)CC1. The van der Waals surface area contributed by atoms with Gasteiger partial charge in [-0.25, -0.2) is 4.79 Å². The maximum atomic E-state index is 14.0. The molecule has 5 N–H and O–H groups in total. The number of halogens is 3. The lowest BCUT2D eigenvalue weighted by atomic mass is 10.1. The van der Waals surface area contributed by atoms with Crippen LogP contribution in [0, 0.1) is 0 Å². The van der Waals surface area contributed by atoms with Gasteiger partial charge in [0.1, 0.15) is 0 Å². The van der Waals surface area contributed by atoms with Crippen LogP contribution in [0.15, 0.2) is 72.9 Å². The molecule has 13 heteroatoms. The maximum Gasteiger partial charge on any atom is 0.418 e. The molecule has 2 amide bonds. The third-order valence-corrected chi connectivity index (χ3v) is 7.87. The number of rotatable bonds is 7. The number of hydrogen-bond acceptors (Lipinski definition) is 6. The van der Waals surface area contributed by atoms with E-state index in [1.165, 1.54) is 24.4 Å². The van der Waals surface area contributed by atoms with Crippen molar-refractivity contribution in [2.75, 3.05) is 54.1 Å². The Balaban J connectivity index is 1.16. The highest BCUT2D eigenvalue weighted by Crippen LogP contribution is 2.38. The number of carbonyl (C=O) groups excluding carboxylic acids is 2. The minimum absolute atomic E-state index is 0.0631. The lowest BCUT2D eigenvalue weighted by Crippen LogP contribution is -2.45. The zero-order chi connectivity index (χ0) is 32.6. The molecule has 46 heavy (non-hydrogen) atoms. The Hall–Kier alpha value is -5.56. The molecule has 0 atom stereocenters. The standard InChI is InChI=1S/C33H29F3N6O4/c1-41-9-11-42(12-10-41)29-8-5-19(14-27(29)33(34,35)36)30(43)39-22-4-2-3-21(15-22)38-23-6-7-25-26(31(44)40-28(25)17-23)16-24-13-20(18-37-24)32(45)46/h2-8,13-18,37-38H,9-12H2,1H3,(H,39,43)(H,40,44)(H,45,46). The monoisotopic (exact) mass is 630 g/mol. The zero-order valence-electron chi connectivity index (χ0n) is 24.5. The smallest absolute Gasteiger partial charge is 0.418 e.